The van der Waals surface area contributed by atoms with Gasteiger partial charge in [0, 0.05) is 0 Å². The molecule has 0 aromatic heterocycles. The zero-order chi connectivity index (χ0) is 19.2. The molecule has 0 amide bonds. The minimum absolute atomic E-state index is 0.0199. The van der Waals surface area contributed by atoms with Crippen LogP contribution in [-0.4, -0.2) is 18.4 Å². The summed E-state index contributed by atoms with van der Waals surface area (Å²) in [5, 5.41) is 0. The zero-order valence-corrected chi connectivity index (χ0v) is 14.3. The second-order valence-electron chi connectivity index (χ2n) is 5.95. The fourth-order valence-electron chi connectivity index (χ4n) is 2.60. The van der Waals surface area contributed by atoms with Crippen LogP contribution in [0.25, 0.3) is 11.1 Å². The molecule has 0 bridgehead atoms. The summed E-state index contributed by atoms with van der Waals surface area (Å²) in [6.07, 6.45) is -0.0199. The molecule has 136 valence electrons. The van der Waals surface area contributed by atoms with Gasteiger partial charge in [0.2, 0.25) is 5.78 Å². The van der Waals surface area contributed by atoms with Crippen molar-refractivity contribution in [2.75, 3.05) is 6.61 Å². The number of carbonyl (C=O) groups excluding carboxylic acids is 2. The normalized spacial score (nSPS) is 10.4. The molecular formula is C22H16F2O3. The van der Waals surface area contributed by atoms with Crippen LogP contribution in [0.2, 0.25) is 0 Å². The van der Waals surface area contributed by atoms with E-state index in [0.717, 1.165) is 34.9 Å². The minimum Gasteiger partial charge on any atom is -0.457 e. The highest BCUT2D eigenvalue weighted by atomic mass is 19.1. The molecule has 0 atom stereocenters. The van der Waals surface area contributed by atoms with E-state index in [9.17, 15) is 18.4 Å². The van der Waals surface area contributed by atoms with Gasteiger partial charge in [-0.15, -0.1) is 0 Å². The van der Waals surface area contributed by atoms with Crippen LogP contribution in [0, 0.1) is 11.6 Å². The van der Waals surface area contributed by atoms with Gasteiger partial charge in [-0.25, -0.2) is 8.78 Å². The first-order chi connectivity index (χ1) is 13.0. The molecule has 0 aliphatic heterocycles. The third kappa shape index (κ3) is 4.85. The summed E-state index contributed by atoms with van der Waals surface area (Å²) >= 11 is 0. The van der Waals surface area contributed by atoms with E-state index in [2.05, 4.69) is 0 Å². The summed E-state index contributed by atoms with van der Waals surface area (Å²) in [6, 6.07) is 19.7. The lowest BCUT2D eigenvalue weighted by atomic mass is 10.0. The molecule has 0 saturated carbocycles. The number of hydrogen-bond acceptors (Lipinski definition) is 3. The molecule has 0 heterocycles. The average Bonchev–Trinajstić information content (AvgIpc) is 2.69. The summed E-state index contributed by atoms with van der Waals surface area (Å²) < 4.78 is 31.6. The third-order valence-electron chi connectivity index (χ3n) is 4.00. The molecule has 0 unspecified atom stereocenters. The van der Waals surface area contributed by atoms with Gasteiger partial charge in [-0.2, -0.15) is 0 Å². The summed E-state index contributed by atoms with van der Waals surface area (Å²) in [7, 11) is 0. The Balaban J connectivity index is 1.56. The van der Waals surface area contributed by atoms with Crippen molar-refractivity contribution in [2.24, 2.45) is 0 Å². The lowest BCUT2D eigenvalue weighted by molar-refractivity contribution is -0.141. The molecule has 3 rings (SSSR count). The Labute approximate surface area is 155 Å². The van der Waals surface area contributed by atoms with Crippen LogP contribution in [0.15, 0.2) is 72.8 Å². The Morgan fingerprint density at radius 2 is 1.48 bits per heavy atom. The van der Waals surface area contributed by atoms with Gasteiger partial charge in [0.25, 0.3) is 0 Å². The Morgan fingerprint density at radius 1 is 0.815 bits per heavy atom. The fourth-order valence-corrected chi connectivity index (χ4v) is 2.60. The summed E-state index contributed by atoms with van der Waals surface area (Å²) in [6.45, 7) is -0.638. The van der Waals surface area contributed by atoms with Gasteiger partial charge in [-0.1, -0.05) is 54.6 Å². The maximum Gasteiger partial charge on any atom is 0.310 e. The predicted molar refractivity (Wildman–Crippen MR) is 97.2 cm³/mol. The number of hydrogen-bond donors (Lipinski definition) is 0. The number of benzene rings is 3. The predicted octanol–water partition coefficient (Wildman–Crippen LogP) is 4.60. The zero-order valence-electron chi connectivity index (χ0n) is 14.3. The largest absolute Gasteiger partial charge is 0.457 e. The van der Waals surface area contributed by atoms with Gasteiger partial charge in [-0.05, 0) is 34.9 Å². The van der Waals surface area contributed by atoms with Crippen molar-refractivity contribution in [1.82, 2.24) is 0 Å². The molecule has 0 aliphatic carbocycles. The standard InChI is InChI=1S/C22H16F2O3/c23-18-10-11-20(24)19(13-18)21(25)14-27-22(26)12-15-6-8-17(9-7-15)16-4-2-1-3-5-16/h1-11,13H,12,14H2. The van der Waals surface area contributed by atoms with Gasteiger partial charge in [-0.3, -0.25) is 9.59 Å². The van der Waals surface area contributed by atoms with Crippen molar-refractivity contribution in [1.29, 1.82) is 0 Å². The fraction of sp³-hybridized carbons (Fsp3) is 0.0909. The molecule has 27 heavy (non-hydrogen) atoms. The highest BCUT2D eigenvalue weighted by molar-refractivity contribution is 5.98. The first-order valence-corrected chi connectivity index (χ1v) is 8.31. The lowest BCUT2D eigenvalue weighted by Gasteiger charge is -2.07. The summed E-state index contributed by atoms with van der Waals surface area (Å²) in [4.78, 5) is 23.8. The molecule has 3 nitrogen and oxygen atoms in total. The maximum absolute atomic E-state index is 13.5. The molecule has 0 radical (unpaired) electrons. The molecule has 3 aromatic rings. The van der Waals surface area contributed by atoms with Gasteiger partial charge in [0.15, 0.2) is 6.61 Å². The van der Waals surface area contributed by atoms with E-state index in [1.54, 1.807) is 12.1 Å². The number of Topliss-reactive ketones (excluding diaryl/α,β-unsaturated/α-hetero) is 1. The number of esters is 1. The van der Waals surface area contributed by atoms with Gasteiger partial charge < -0.3 is 4.74 Å². The van der Waals surface area contributed by atoms with Crippen LogP contribution < -0.4 is 0 Å². The number of ketones is 1. The Bertz CT molecular complexity index is 951. The van der Waals surface area contributed by atoms with Crippen LogP contribution in [0.1, 0.15) is 15.9 Å². The van der Waals surface area contributed by atoms with Crippen LogP contribution >= 0.6 is 0 Å². The second-order valence-corrected chi connectivity index (χ2v) is 5.95. The Morgan fingerprint density at radius 3 is 2.19 bits per heavy atom. The van der Waals surface area contributed by atoms with Crippen molar-refractivity contribution in [2.45, 2.75) is 6.42 Å². The van der Waals surface area contributed by atoms with Gasteiger partial charge >= 0.3 is 5.97 Å². The highest BCUT2D eigenvalue weighted by Crippen LogP contribution is 2.19. The third-order valence-corrected chi connectivity index (χ3v) is 4.00. The summed E-state index contributed by atoms with van der Waals surface area (Å²) in [5.41, 5.74) is 2.37. The van der Waals surface area contributed by atoms with E-state index in [1.165, 1.54) is 0 Å². The molecule has 0 saturated heterocycles. The Kier molecular flexibility index (Phi) is 5.71. The van der Waals surface area contributed by atoms with Crippen molar-refractivity contribution in [3.63, 3.8) is 0 Å². The number of carbonyl (C=O) groups is 2. The molecule has 0 aliphatic rings. The molecule has 3 aromatic carbocycles. The topological polar surface area (TPSA) is 43.4 Å². The number of ether oxygens (including phenoxy) is 1. The molecule has 0 spiro atoms. The average molecular weight is 366 g/mol. The maximum atomic E-state index is 13.5. The van der Waals surface area contributed by atoms with Gasteiger partial charge in [0.1, 0.15) is 11.6 Å². The van der Waals surface area contributed by atoms with E-state index >= 15 is 0 Å². The Hall–Kier alpha value is -3.34. The SMILES string of the molecule is O=C(Cc1ccc(-c2ccccc2)cc1)OCC(=O)c1cc(F)ccc1F. The summed E-state index contributed by atoms with van der Waals surface area (Å²) in [5.74, 6) is -2.99. The number of halogens is 2. The second kappa shape index (κ2) is 8.36. The number of rotatable bonds is 6. The minimum atomic E-state index is -0.853. The molecular weight excluding hydrogens is 350 g/mol. The van der Waals surface area contributed by atoms with Crippen LogP contribution in [-0.2, 0) is 16.0 Å². The van der Waals surface area contributed by atoms with Crippen molar-refractivity contribution < 1.29 is 23.1 Å². The van der Waals surface area contributed by atoms with Crippen molar-refractivity contribution >= 4 is 11.8 Å². The van der Waals surface area contributed by atoms with E-state index in [-0.39, 0.29) is 6.42 Å². The molecule has 5 heteroatoms. The van der Waals surface area contributed by atoms with Crippen LogP contribution in [0.3, 0.4) is 0 Å². The lowest BCUT2D eigenvalue weighted by Crippen LogP contribution is -2.16. The highest BCUT2D eigenvalue weighted by Gasteiger charge is 2.15. The van der Waals surface area contributed by atoms with E-state index in [4.69, 9.17) is 4.74 Å². The molecule has 0 fully saturated rings. The smallest absolute Gasteiger partial charge is 0.310 e. The van der Waals surface area contributed by atoms with Gasteiger partial charge in [0.05, 0.1) is 12.0 Å². The van der Waals surface area contributed by atoms with Crippen LogP contribution in [0.5, 0.6) is 0 Å². The van der Waals surface area contributed by atoms with E-state index in [1.807, 2.05) is 42.5 Å². The first kappa shape index (κ1) is 18.5. The monoisotopic (exact) mass is 366 g/mol. The van der Waals surface area contributed by atoms with Crippen molar-refractivity contribution in [3.05, 3.63) is 95.6 Å². The quantitative estimate of drug-likeness (QED) is 0.473. The van der Waals surface area contributed by atoms with E-state index < -0.39 is 35.6 Å². The van der Waals surface area contributed by atoms with E-state index in [0.29, 0.717) is 0 Å². The molecule has 0 N–H and O–H groups in total. The first-order valence-electron chi connectivity index (χ1n) is 8.31. The van der Waals surface area contributed by atoms with Crippen molar-refractivity contribution in [3.8, 4) is 11.1 Å². The van der Waals surface area contributed by atoms with Crippen LogP contribution in [0.4, 0.5) is 8.78 Å².